The minimum absolute atomic E-state index is 0. The van der Waals surface area contributed by atoms with Crippen LogP contribution in [0.3, 0.4) is 0 Å². The Balaban J connectivity index is -0.000000141. The predicted molar refractivity (Wildman–Crippen MR) is 388 cm³/mol. The molecule has 5 radical (unpaired) electrons. The molecule has 8 heterocycles. The van der Waals surface area contributed by atoms with Crippen molar-refractivity contribution in [1.82, 2.24) is 55.4 Å². The monoisotopic (exact) mass is 1880 g/mol. The van der Waals surface area contributed by atoms with Gasteiger partial charge < -0.3 is 145 Å². The first kappa shape index (κ1) is 124. The molecule has 0 spiro atoms. The van der Waals surface area contributed by atoms with Crippen LogP contribution in [0.4, 0.5) is 0 Å². The van der Waals surface area contributed by atoms with Crippen LogP contribution in [0.1, 0.15) is 136 Å². The maximum absolute atomic E-state index is 9.79. The molecule has 0 unspecified atom stereocenters. The Hall–Kier alpha value is -0.0305. The first-order valence-electron chi connectivity index (χ1n) is 33.1. The molecule has 0 aromatic carbocycles. The summed E-state index contributed by atoms with van der Waals surface area (Å²) in [5.41, 5.74) is 2.81. The van der Waals surface area contributed by atoms with Gasteiger partial charge in [0.2, 0.25) is 5.01 Å². The fraction of sp³-hybridized carbons (Fsp3) is 0.690. The van der Waals surface area contributed by atoms with Gasteiger partial charge in [-0.15, -0.1) is 21.9 Å². The van der Waals surface area contributed by atoms with Crippen molar-refractivity contribution in [3.05, 3.63) is 116 Å². The minimum Gasteiger partial charge on any atom is -0.457 e. The molecule has 20 atom stereocenters. The first-order valence-corrected chi connectivity index (χ1v) is 33.1. The number of nitrogens with zero attached hydrogens (tertiary/aromatic N) is 11. The predicted octanol–water partition coefficient (Wildman–Crippen LogP) is 6.17. The molecule has 0 amide bonds. The molecule has 35 heteroatoms. The van der Waals surface area contributed by atoms with Crippen LogP contribution in [-0.4, -0.2) is 274 Å². The quantitative estimate of drug-likeness (QED) is 0.0572. The second kappa shape index (κ2) is 75.0. The van der Waals surface area contributed by atoms with E-state index in [-0.39, 0.29) is 224 Å². The Bertz CT molecular complexity index is 2380. The van der Waals surface area contributed by atoms with Crippen molar-refractivity contribution >= 4 is 0 Å². The van der Waals surface area contributed by atoms with Crippen LogP contribution in [0.5, 0.6) is 0 Å². The van der Waals surface area contributed by atoms with E-state index in [0.717, 1.165) is 68.4 Å². The number of nitrogens with one attached hydrogen (secondary N) is 1. The third kappa shape index (κ3) is 52.5. The normalized spacial score (nSPS) is 27.6. The molecule has 5 aliphatic heterocycles. The summed E-state index contributed by atoms with van der Waals surface area (Å²) in [5, 5.41) is 80.0. The molecule has 3 aromatic heterocycles. The zero-order valence-corrected chi connectivity index (χ0v) is 81.4. The largest absolute Gasteiger partial charge is 0.457 e. The third-order valence-electron chi connectivity index (χ3n) is 15.1. The zero-order chi connectivity index (χ0) is 78.7. The van der Waals surface area contributed by atoms with Gasteiger partial charge in [-0.3, -0.25) is 32.9 Å². The molecule has 8 rings (SSSR count). The molecule has 5 saturated heterocycles. The number of methoxy groups -OCH3 is 5. The van der Waals surface area contributed by atoms with Crippen molar-refractivity contribution in [1.29, 1.82) is 0 Å². The van der Waals surface area contributed by atoms with E-state index in [0.29, 0.717) is 18.0 Å². The van der Waals surface area contributed by atoms with Crippen LogP contribution in [-0.2, 0) is 230 Å². The smallest absolute Gasteiger partial charge is 0.349 e. The number of hydrogen-bond acceptors (Lipinski definition) is 28. The maximum Gasteiger partial charge on any atom is 0.349 e. The van der Waals surface area contributed by atoms with Crippen molar-refractivity contribution in [3.8, 4) is 30.8 Å². The number of likely N-dealkylation sites (N-methyl/N-ethyl adjacent to an activating group) is 5. The molecule has 30 nitrogen and oxygen atoms in total. The summed E-state index contributed by atoms with van der Waals surface area (Å²) in [7, 11) is 32.0. The van der Waals surface area contributed by atoms with Crippen LogP contribution in [0.25, 0.3) is 5.01 Å². The van der Waals surface area contributed by atoms with Crippen LogP contribution in [0.2, 0.25) is 0 Å². The molecular weight excluding hydrogens is 1750 g/mol. The Labute approximate surface area is 764 Å². The molecule has 7 N–H and O–H groups in total. The summed E-state index contributed by atoms with van der Waals surface area (Å²) < 4.78 is 63.0. The summed E-state index contributed by atoms with van der Waals surface area (Å²) in [4.78, 5) is 7.04. The number of tetrazole rings is 1. The number of aliphatic hydroxyl groups is 5. The Morgan fingerprint density at radius 2 is 0.877 bits per heavy atom. The van der Waals surface area contributed by atoms with Crippen molar-refractivity contribution < 1.29 is 251 Å². The number of aromatic nitrogens is 6. The fourth-order valence-electron chi connectivity index (χ4n) is 9.82. The SMILES string of the molecule is C#C[CH2-].C#C[CH2-].CCC#[N+]O.CN[C@H]1C[C@@H](C)O[C@@H](OC)[C@@H]1O.[CH2-]C.[CH2-]N(C)[C@H]1C[C@@H](C)O[C@@H](OC)[C@@H]1O.[CH2-]N(C)[C@H]1C[C@@H](C)O[C@@H](OC)[C@@H]1O.[CH2-]N(C)[C@H]1C[C@@H](C)O[C@@H](OC)[C@@H]1O.[CH2-]N(C)[C@H]1C[C@@H](C)O[C@@H](OC)[C@@H]1O.[CH2-]c1cc(CC)no1.[CH2-]c1conc1CC.[CH2-]c1nnnn1CC.[Y].[Y].[Y].[Y].[Y]. The van der Waals surface area contributed by atoms with E-state index in [1.54, 1.807) is 44.6 Å². The van der Waals surface area contributed by atoms with Crippen molar-refractivity contribution in [2.45, 2.75) is 250 Å². The van der Waals surface area contributed by atoms with Gasteiger partial charge in [0.1, 0.15) is 30.5 Å². The van der Waals surface area contributed by atoms with E-state index in [1.807, 2.05) is 115 Å². The summed E-state index contributed by atoms with van der Waals surface area (Å²) in [6.45, 7) is 40.3. The van der Waals surface area contributed by atoms with Crippen molar-refractivity contribution in [2.24, 2.45) is 0 Å². The van der Waals surface area contributed by atoms with E-state index in [2.05, 4.69) is 129 Å². The van der Waals surface area contributed by atoms with E-state index in [4.69, 9.17) is 57.1 Å². The van der Waals surface area contributed by atoms with Crippen LogP contribution in [0.15, 0.2) is 21.4 Å². The molecule has 605 valence electrons. The Morgan fingerprint density at radius 1 is 0.566 bits per heavy atom. The Morgan fingerprint density at radius 3 is 1.04 bits per heavy atom. The van der Waals surface area contributed by atoms with Gasteiger partial charge in [0.25, 0.3) is 0 Å². The van der Waals surface area contributed by atoms with E-state index in [9.17, 15) is 25.5 Å². The molecule has 5 aliphatic rings. The summed E-state index contributed by atoms with van der Waals surface area (Å²) in [5.74, 6) is 5.26. The number of ether oxygens (including phenoxy) is 10. The second-order valence-corrected chi connectivity index (χ2v) is 23.3. The standard InChI is InChI=1S/4C9H18NO3.C8H17NO3.2C6H8NO.C4H7N4.C3H5NO.2C3H3.C2H5.5Y/c4*1-6-5-7(10(2)3)8(11)9(12-4)13-6;1-5-4-6(9-2)7(10)8(11-3)12-5;1-3-6-5(2)4-8-7-6;1-3-6-4-5(2)8-7-6;1-3-8-4(2)5-6-7-8;1-2-3-4-5;2*1-3-2;1-2;;;;;/h4*6-9,11H,2,5H2,1,3-4H3;5-10H,4H2,1-3H3;2*4H,2-3H2,1H3;2-3H2,1H3;2H2,1H3;2*1H,2H2;1H2,2H3;;;;;/q4*-1;;3*-1;;3*-1;;;;;/p+1/t4*6-,7+,8-,9-;5-,6+,7-,8-;;;;;;;;;;;;/m11111............/s1. The maximum atomic E-state index is 9.79. The molecule has 0 aliphatic carbocycles. The van der Waals surface area contributed by atoms with Crippen LogP contribution < -0.4 is 5.32 Å². The molecule has 0 saturated carbocycles. The number of aryl methyl sites for hydroxylation is 3. The van der Waals surface area contributed by atoms with Crippen molar-refractivity contribution in [2.75, 3.05) is 70.8 Å². The number of rotatable bonds is 13. The zero-order valence-electron chi connectivity index (χ0n) is 67.2. The number of aliphatic hydroxyl groups excluding tert-OH is 5. The average Bonchev–Trinajstić information content (AvgIpc) is 0.880. The number of terminal acetylenes is 2. The van der Waals surface area contributed by atoms with E-state index in [1.165, 1.54) is 28.4 Å². The third-order valence-corrected chi connectivity index (χ3v) is 15.1. The van der Waals surface area contributed by atoms with Gasteiger partial charge in [0.15, 0.2) is 31.5 Å². The van der Waals surface area contributed by atoms with Gasteiger partial charge in [-0.2, -0.15) is 38.1 Å². The van der Waals surface area contributed by atoms with Crippen molar-refractivity contribution in [3.63, 3.8) is 0 Å². The molecule has 0 bridgehead atoms. The topological polar surface area (TPSA) is 339 Å². The van der Waals surface area contributed by atoms with Gasteiger partial charge in [-0.05, 0) is 144 Å². The van der Waals surface area contributed by atoms with Gasteiger partial charge in [-0.1, -0.05) is 20.3 Å². The number of hydrogen-bond donors (Lipinski definition) is 7. The minimum atomic E-state index is -0.622. The van der Waals surface area contributed by atoms with Gasteiger partial charge >= 0.3 is 6.07 Å². The summed E-state index contributed by atoms with van der Waals surface area (Å²) >= 11 is 0. The fourth-order valence-corrected chi connectivity index (χ4v) is 9.82. The van der Waals surface area contributed by atoms with Crippen LogP contribution >= 0.6 is 0 Å². The van der Waals surface area contributed by atoms with Crippen LogP contribution in [0, 0.1) is 100 Å². The Kier molecular flexibility index (Phi) is 87.9. The van der Waals surface area contributed by atoms with E-state index >= 15 is 0 Å². The summed E-state index contributed by atoms with van der Waals surface area (Å²) in [6.07, 6.45) is 11.8. The molecule has 5 fully saturated rings. The van der Waals surface area contributed by atoms with E-state index < -0.39 is 62.0 Å². The second-order valence-electron chi connectivity index (χ2n) is 23.3. The van der Waals surface area contributed by atoms with Gasteiger partial charge in [0, 0.05) is 254 Å². The molecule has 3 aromatic rings. The molecule has 106 heavy (non-hydrogen) atoms. The first-order chi connectivity index (χ1) is 47.7. The average molecular weight is 1880 g/mol. The summed E-state index contributed by atoms with van der Waals surface area (Å²) in [6, 6.07) is 4.23. The molecular formula is C71H129N12O18Y5-9. The van der Waals surface area contributed by atoms with Gasteiger partial charge in [0.05, 0.1) is 36.9 Å². The van der Waals surface area contributed by atoms with Gasteiger partial charge in [-0.25, -0.2) is 6.92 Å².